The third kappa shape index (κ3) is 5.42. The molecule has 0 spiro atoms. The number of aliphatic imine (C=N–C) groups is 1. The Kier molecular flexibility index (Phi) is 7.24. The van der Waals surface area contributed by atoms with Gasteiger partial charge in [-0.05, 0) is 74.2 Å². The molecule has 1 aliphatic rings. The van der Waals surface area contributed by atoms with Crippen molar-refractivity contribution < 1.29 is 4.79 Å². The number of benzene rings is 2. The van der Waals surface area contributed by atoms with E-state index < -0.39 is 0 Å². The lowest BCUT2D eigenvalue weighted by atomic mass is 10.0. The standard InChI is InChI=1S/C23H28N2OS2/c1-16-5-6-20(11-17(16)2)28-14-23(26)21-12-19(4)22(13-18(21)3)24-15-25-7-9-27-10-8-25/h5-6,11-13,15H,7-10,14H2,1-4H3/b24-15+. The van der Waals surface area contributed by atoms with Crippen molar-refractivity contribution in [1.29, 1.82) is 0 Å². The van der Waals surface area contributed by atoms with Gasteiger partial charge < -0.3 is 4.90 Å². The van der Waals surface area contributed by atoms with Crippen LogP contribution in [0.1, 0.15) is 32.6 Å². The molecule has 0 amide bonds. The highest BCUT2D eigenvalue weighted by Crippen LogP contribution is 2.26. The first-order chi connectivity index (χ1) is 13.4. The summed E-state index contributed by atoms with van der Waals surface area (Å²) in [5.41, 5.74) is 6.35. The third-order valence-corrected chi connectivity index (χ3v) is 7.03. The zero-order chi connectivity index (χ0) is 20.1. The molecule has 1 fully saturated rings. The number of ketones is 1. The Hall–Kier alpha value is -1.72. The van der Waals surface area contributed by atoms with Crippen LogP contribution < -0.4 is 0 Å². The van der Waals surface area contributed by atoms with Crippen molar-refractivity contribution in [2.24, 2.45) is 4.99 Å². The number of aryl methyl sites for hydroxylation is 4. The maximum atomic E-state index is 12.8. The van der Waals surface area contributed by atoms with Crippen LogP contribution in [0.3, 0.4) is 0 Å². The number of Topliss-reactive ketones (excluding diaryl/α,β-unsaturated/α-hetero) is 1. The van der Waals surface area contributed by atoms with Gasteiger partial charge in [0.25, 0.3) is 0 Å². The first-order valence-electron chi connectivity index (χ1n) is 9.64. The van der Waals surface area contributed by atoms with Crippen molar-refractivity contribution in [2.45, 2.75) is 32.6 Å². The van der Waals surface area contributed by atoms with Gasteiger partial charge in [0, 0.05) is 35.1 Å². The molecule has 0 radical (unpaired) electrons. The summed E-state index contributed by atoms with van der Waals surface area (Å²) in [7, 11) is 0. The van der Waals surface area contributed by atoms with Gasteiger partial charge in [-0.3, -0.25) is 4.79 Å². The number of nitrogens with zero attached hydrogens (tertiary/aromatic N) is 2. The van der Waals surface area contributed by atoms with E-state index in [-0.39, 0.29) is 5.78 Å². The minimum atomic E-state index is 0.174. The number of carbonyl (C=O) groups is 1. The average molecular weight is 413 g/mol. The van der Waals surface area contributed by atoms with Crippen LogP contribution in [0, 0.1) is 27.7 Å². The summed E-state index contributed by atoms with van der Waals surface area (Å²) in [5, 5.41) is 0. The van der Waals surface area contributed by atoms with Crippen molar-refractivity contribution in [3.05, 3.63) is 58.1 Å². The molecule has 0 bridgehead atoms. The quantitative estimate of drug-likeness (QED) is 0.267. The van der Waals surface area contributed by atoms with Crippen LogP contribution in [0.5, 0.6) is 0 Å². The molecular weight excluding hydrogens is 384 g/mol. The Morgan fingerprint density at radius 1 is 1.04 bits per heavy atom. The van der Waals surface area contributed by atoms with E-state index in [0.29, 0.717) is 5.75 Å². The molecule has 1 heterocycles. The second-order valence-electron chi connectivity index (χ2n) is 7.30. The molecule has 5 heteroatoms. The fourth-order valence-corrected chi connectivity index (χ4v) is 4.92. The van der Waals surface area contributed by atoms with Gasteiger partial charge in [0.15, 0.2) is 5.78 Å². The topological polar surface area (TPSA) is 32.7 Å². The first kappa shape index (κ1) is 21.0. The predicted octanol–water partition coefficient (Wildman–Crippen LogP) is 5.60. The zero-order valence-corrected chi connectivity index (χ0v) is 18.8. The predicted molar refractivity (Wildman–Crippen MR) is 124 cm³/mol. The minimum Gasteiger partial charge on any atom is -0.361 e. The molecule has 2 aromatic rings. The molecule has 0 unspecified atom stereocenters. The van der Waals surface area contributed by atoms with E-state index in [1.807, 2.05) is 44.1 Å². The van der Waals surface area contributed by atoms with E-state index in [1.165, 1.54) is 11.1 Å². The summed E-state index contributed by atoms with van der Waals surface area (Å²) in [6, 6.07) is 10.4. The summed E-state index contributed by atoms with van der Waals surface area (Å²) < 4.78 is 0. The van der Waals surface area contributed by atoms with Gasteiger partial charge in [-0.25, -0.2) is 4.99 Å². The molecule has 1 saturated heterocycles. The Balaban J connectivity index is 1.67. The second-order valence-corrected chi connectivity index (χ2v) is 9.58. The van der Waals surface area contributed by atoms with E-state index >= 15 is 0 Å². The Labute approximate surface area is 177 Å². The maximum Gasteiger partial charge on any atom is 0.173 e. The molecule has 3 rings (SSSR count). The van der Waals surface area contributed by atoms with Crippen molar-refractivity contribution in [3.8, 4) is 0 Å². The van der Waals surface area contributed by atoms with Crippen molar-refractivity contribution in [3.63, 3.8) is 0 Å². The number of hydrogen-bond acceptors (Lipinski definition) is 4. The Bertz CT molecular complexity index is 886. The smallest absolute Gasteiger partial charge is 0.173 e. The fourth-order valence-electron chi connectivity index (χ4n) is 3.11. The first-order valence-corrected chi connectivity index (χ1v) is 11.8. The van der Waals surface area contributed by atoms with Gasteiger partial charge in [-0.1, -0.05) is 6.07 Å². The highest BCUT2D eigenvalue weighted by Gasteiger charge is 2.13. The van der Waals surface area contributed by atoms with Gasteiger partial charge in [-0.15, -0.1) is 11.8 Å². The third-order valence-electron chi connectivity index (χ3n) is 5.10. The number of rotatable bonds is 6. The Morgan fingerprint density at radius 3 is 2.50 bits per heavy atom. The molecule has 1 aliphatic heterocycles. The number of thioether (sulfide) groups is 2. The van der Waals surface area contributed by atoms with Crippen LogP contribution in [0.2, 0.25) is 0 Å². The summed E-state index contributed by atoms with van der Waals surface area (Å²) in [6.07, 6.45) is 1.96. The van der Waals surface area contributed by atoms with Crippen LogP contribution >= 0.6 is 23.5 Å². The van der Waals surface area contributed by atoms with Crippen LogP contribution in [-0.4, -0.2) is 47.4 Å². The summed E-state index contributed by atoms with van der Waals surface area (Å²) in [6.45, 7) is 10.4. The van der Waals surface area contributed by atoms with E-state index in [0.717, 1.165) is 51.9 Å². The molecule has 3 nitrogen and oxygen atoms in total. The highest BCUT2D eigenvalue weighted by atomic mass is 32.2. The van der Waals surface area contributed by atoms with E-state index in [2.05, 4.69) is 41.9 Å². The summed E-state index contributed by atoms with van der Waals surface area (Å²) in [4.78, 5) is 20.9. The lowest BCUT2D eigenvalue weighted by Gasteiger charge is -2.23. The van der Waals surface area contributed by atoms with Crippen LogP contribution in [0.15, 0.2) is 40.2 Å². The molecule has 0 atom stereocenters. The minimum absolute atomic E-state index is 0.174. The SMILES string of the molecule is Cc1ccc(SCC(=O)c2cc(C)c(/N=C/N3CCSCC3)cc2C)cc1C. The summed E-state index contributed by atoms with van der Waals surface area (Å²) in [5.74, 6) is 2.95. The van der Waals surface area contributed by atoms with E-state index in [4.69, 9.17) is 0 Å². The van der Waals surface area contributed by atoms with Gasteiger partial charge in [-0.2, -0.15) is 11.8 Å². The molecule has 0 aromatic heterocycles. The highest BCUT2D eigenvalue weighted by molar-refractivity contribution is 8.00. The molecular formula is C23H28N2OS2. The fraction of sp³-hybridized carbons (Fsp3) is 0.391. The largest absolute Gasteiger partial charge is 0.361 e. The molecule has 0 aliphatic carbocycles. The van der Waals surface area contributed by atoms with Crippen LogP contribution in [0.4, 0.5) is 5.69 Å². The Morgan fingerprint density at radius 2 is 1.79 bits per heavy atom. The van der Waals surface area contributed by atoms with Crippen LogP contribution in [0.25, 0.3) is 0 Å². The molecule has 148 valence electrons. The van der Waals surface area contributed by atoms with Gasteiger partial charge in [0.05, 0.1) is 17.8 Å². The van der Waals surface area contributed by atoms with Crippen molar-refractivity contribution >= 4 is 41.3 Å². The normalized spacial score (nSPS) is 14.6. The van der Waals surface area contributed by atoms with Crippen molar-refractivity contribution in [2.75, 3.05) is 30.3 Å². The average Bonchev–Trinajstić information content (AvgIpc) is 2.69. The zero-order valence-electron chi connectivity index (χ0n) is 17.1. The van der Waals surface area contributed by atoms with E-state index in [9.17, 15) is 4.79 Å². The lowest BCUT2D eigenvalue weighted by molar-refractivity contribution is 0.102. The van der Waals surface area contributed by atoms with Crippen molar-refractivity contribution in [1.82, 2.24) is 4.90 Å². The molecule has 0 saturated carbocycles. The number of carbonyl (C=O) groups excluding carboxylic acids is 1. The molecule has 2 aromatic carbocycles. The number of hydrogen-bond donors (Lipinski definition) is 0. The second kappa shape index (κ2) is 9.66. The monoisotopic (exact) mass is 412 g/mol. The van der Waals surface area contributed by atoms with E-state index in [1.54, 1.807) is 11.8 Å². The molecule has 28 heavy (non-hydrogen) atoms. The summed E-state index contributed by atoms with van der Waals surface area (Å²) >= 11 is 3.60. The lowest BCUT2D eigenvalue weighted by Crippen LogP contribution is -2.31. The van der Waals surface area contributed by atoms with Gasteiger partial charge >= 0.3 is 0 Å². The molecule has 0 N–H and O–H groups in total. The van der Waals surface area contributed by atoms with Crippen LogP contribution in [-0.2, 0) is 0 Å². The maximum absolute atomic E-state index is 12.8. The van der Waals surface area contributed by atoms with Gasteiger partial charge in [0.2, 0.25) is 0 Å². The van der Waals surface area contributed by atoms with Gasteiger partial charge in [0.1, 0.15) is 0 Å².